The number of esters is 1. The molecule has 0 aliphatic carbocycles. The van der Waals surface area contributed by atoms with E-state index in [0.29, 0.717) is 0 Å². The van der Waals surface area contributed by atoms with Gasteiger partial charge < -0.3 is 9.47 Å². The van der Waals surface area contributed by atoms with E-state index < -0.39 is 28.9 Å². The van der Waals surface area contributed by atoms with Gasteiger partial charge in [0.05, 0.1) is 12.0 Å². The number of nitrogens with zero attached hydrogens (tertiary/aromatic N) is 1. The Morgan fingerprint density at radius 2 is 2.11 bits per heavy atom. The molecular weight excluding hydrogens is 320 g/mol. The number of nitro groups is 1. The Labute approximate surface area is 108 Å². The van der Waals surface area contributed by atoms with E-state index in [0.717, 1.165) is 19.2 Å². The zero-order valence-corrected chi connectivity index (χ0v) is 10.4. The van der Waals surface area contributed by atoms with Gasteiger partial charge in [-0.3, -0.25) is 10.1 Å². The Hall–Kier alpha value is -1.77. The number of rotatable bonds is 4. The van der Waals surface area contributed by atoms with Gasteiger partial charge in [-0.05, 0) is 28.1 Å². The molecule has 18 heavy (non-hydrogen) atoms. The minimum absolute atomic E-state index is 0.351. The number of ether oxygens (including phenoxy) is 2. The number of benzene rings is 1. The molecule has 0 saturated heterocycles. The summed E-state index contributed by atoms with van der Waals surface area (Å²) in [7, 11) is 1.05. The first kappa shape index (κ1) is 14.3. The number of carbonyl (C=O) groups is 1. The van der Waals surface area contributed by atoms with Gasteiger partial charge in [0.25, 0.3) is 0 Å². The second-order valence-electron chi connectivity index (χ2n) is 2.90. The van der Waals surface area contributed by atoms with Crippen molar-refractivity contribution in [1.82, 2.24) is 0 Å². The number of halogens is 3. The summed E-state index contributed by atoms with van der Waals surface area (Å²) in [4.78, 5) is 21.2. The highest BCUT2D eigenvalue weighted by Gasteiger charge is 2.28. The minimum atomic E-state index is -3.13. The third-order valence-corrected chi connectivity index (χ3v) is 2.65. The maximum absolute atomic E-state index is 12.1. The molecule has 0 fully saturated rings. The molecule has 1 rings (SSSR count). The SMILES string of the molecule is COC(=O)c1ccc(OC(F)F)c(Br)c1[N+](=O)[O-]. The number of carbonyl (C=O) groups excluding carboxylic acids is 1. The molecule has 9 heteroatoms. The highest BCUT2D eigenvalue weighted by Crippen LogP contribution is 2.37. The van der Waals surface area contributed by atoms with Crippen molar-refractivity contribution in [2.24, 2.45) is 0 Å². The van der Waals surface area contributed by atoms with E-state index in [1.54, 1.807) is 0 Å². The van der Waals surface area contributed by atoms with E-state index in [4.69, 9.17) is 0 Å². The molecule has 0 aliphatic heterocycles. The molecule has 6 nitrogen and oxygen atoms in total. The van der Waals surface area contributed by atoms with Crippen LogP contribution in [-0.2, 0) is 4.74 Å². The van der Waals surface area contributed by atoms with Crippen LogP contribution in [0, 0.1) is 10.1 Å². The smallest absolute Gasteiger partial charge is 0.387 e. The largest absolute Gasteiger partial charge is 0.465 e. The Morgan fingerprint density at radius 3 is 2.56 bits per heavy atom. The average Bonchev–Trinajstić information content (AvgIpc) is 2.29. The number of alkyl halides is 2. The van der Waals surface area contributed by atoms with E-state index in [1.165, 1.54) is 0 Å². The van der Waals surface area contributed by atoms with Crippen molar-refractivity contribution in [1.29, 1.82) is 0 Å². The lowest BCUT2D eigenvalue weighted by atomic mass is 10.1. The van der Waals surface area contributed by atoms with Gasteiger partial charge in [-0.25, -0.2) is 4.79 Å². The van der Waals surface area contributed by atoms with E-state index in [2.05, 4.69) is 25.4 Å². The summed E-state index contributed by atoms with van der Waals surface area (Å²) in [5, 5.41) is 10.8. The molecule has 1 aromatic carbocycles. The van der Waals surface area contributed by atoms with Crippen molar-refractivity contribution >= 4 is 27.6 Å². The predicted molar refractivity (Wildman–Crippen MR) is 58.8 cm³/mol. The summed E-state index contributed by atoms with van der Waals surface area (Å²) in [6.45, 7) is -3.13. The zero-order valence-electron chi connectivity index (χ0n) is 8.85. The zero-order chi connectivity index (χ0) is 13.9. The Bertz CT molecular complexity index is 494. The molecule has 0 amide bonds. The van der Waals surface area contributed by atoms with Gasteiger partial charge in [0.15, 0.2) is 0 Å². The van der Waals surface area contributed by atoms with Gasteiger partial charge in [-0.2, -0.15) is 8.78 Å². The average molecular weight is 326 g/mol. The molecule has 0 radical (unpaired) electrons. The summed E-state index contributed by atoms with van der Waals surface area (Å²) >= 11 is 2.75. The van der Waals surface area contributed by atoms with E-state index in [9.17, 15) is 23.7 Å². The molecule has 0 aromatic heterocycles. The quantitative estimate of drug-likeness (QED) is 0.483. The highest BCUT2D eigenvalue weighted by molar-refractivity contribution is 9.10. The molecule has 0 spiro atoms. The lowest BCUT2D eigenvalue weighted by Gasteiger charge is -2.09. The minimum Gasteiger partial charge on any atom is -0.465 e. The van der Waals surface area contributed by atoms with Crippen LogP contribution >= 0.6 is 15.9 Å². The van der Waals surface area contributed by atoms with Gasteiger partial charge in [0.1, 0.15) is 15.8 Å². The van der Waals surface area contributed by atoms with Crippen LogP contribution in [-0.4, -0.2) is 24.6 Å². The van der Waals surface area contributed by atoms with Crippen molar-refractivity contribution in [3.63, 3.8) is 0 Å². The second kappa shape index (κ2) is 5.71. The summed E-state index contributed by atoms with van der Waals surface area (Å²) in [6.07, 6.45) is 0. The number of hydrogen-bond acceptors (Lipinski definition) is 5. The van der Waals surface area contributed by atoms with E-state index in [1.807, 2.05) is 0 Å². The summed E-state index contributed by atoms with van der Waals surface area (Å²) in [5.41, 5.74) is -1.06. The molecule has 0 bridgehead atoms. The van der Waals surface area contributed by atoms with Crippen molar-refractivity contribution < 1.29 is 28.0 Å². The Balaban J connectivity index is 3.37. The standard InChI is InChI=1S/C9H6BrF2NO5/c1-17-8(14)4-2-3-5(18-9(11)12)6(10)7(4)13(15)16/h2-3,9H,1H3. The normalized spacial score (nSPS) is 10.3. The van der Waals surface area contributed by atoms with Gasteiger partial charge >= 0.3 is 18.3 Å². The monoisotopic (exact) mass is 325 g/mol. The Kier molecular flexibility index (Phi) is 4.54. The van der Waals surface area contributed by atoms with Gasteiger partial charge in [-0.15, -0.1) is 0 Å². The highest BCUT2D eigenvalue weighted by atomic mass is 79.9. The topological polar surface area (TPSA) is 78.7 Å². The van der Waals surface area contributed by atoms with Crippen LogP contribution in [0.5, 0.6) is 5.75 Å². The first-order valence-corrected chi connectivity index (χ1v) is 5.17. The van der Waals surface area contributed by atoms with Crippen molar-refractivity contribution in [3.05, 3.63) is 32.3 Å². The molecule has 0 unspecified atom stereocenters. The maximum atomic E-state index is 12.1. The first-order valence-electron chi connectivity index (χ1n) is 4.38. The Morgan fingerprint density at radius 1 is 1.50 bits per heavy atom. The number of nitro benzene ring substituents is 1. The molecule has 0 heterocycles. The number of hydrogen-bond donors (Lipinski definition) is 0. The lowest BCUT2D eigenvalue weighted by Crippen LogP contribution is -2.09. The molecule has 0 atom stereocenters. The molecule has 0 saturated carbocycles. The maximum Gasteiger partial charge on any atom is 0.387 e. The van der Waals surface area contributed by atoms with Crippen LogP contribution in [0.4, 0.5) is 14.5 Å². The fourth-order valence-electron chi connectivity index (χ4n) is 1.19. The van der Waals surface area contributed by atoms with Gasteiger partial charge in [-0.1, -0.05) is 0 Å². The van der Waals surface area contributed by atoms with Gasteiger partial charge in [0.2, 0.25) is 0 Å². The molecule has 98 valence electrons. The summed E-state index contributed by atoms with van der Waals surface area (Å²) < 4.78 is 32.2. The van der Waals surface area contributed by atoms with Crippen LogP contribution in [0.1, 0.15) is 10.4 Å². The van der Waals surface area contributed by atoms with Crippen LogP contribution in [0.2, 0.25) is 0 Å². The molecule has 0 N–H and O–H groups in total. The molecular formula is C9H6BrF2NO5. The van der Waals surface area contributed by atoms with Crippen LogP contribution in [0.15, 0.2) is 16.6 Å². The summed E-state index contributed by atoms with van der Waals surface area (Å²) in [5.74, 6) is -1.39. The van der Waals surface area contributed by atoms with Crippen molar-refractivity contribution in [2.75, 3.05) is 7.11 Å². The van der Waals surface area contributed by atoms with Crippen molar-refractivity contribution in [2.45, 2.75) is 6.61 Å². The first-order chi connectivity index (χ1) is 8.38. The fraction of sp³-hybridized carbons (Fsp3) is 0.222. The third kappa shape index (κ3) is 2.92. The molecule has 0 aliphatic rings. The van der Waals surface area contributed by atoms with Crippen molar-refractivity contribution in [3.8, 4) is 5.75 Å². The van der Waals surface area contributed by atoms with Crippen LogP contribution < -0.4 is 4.74 Å². The number of methoxy groups -OCH3 is 1. The second-order valence-corrected chi connectivity index (χ2v) is 3.69. The summed E-state index contributed by atoms with van der Waals surface area (Å²) in [6, 6.07) is 1.99. The lowest BCUT2D eigenvalue weighted by molar-refractivity contribution is -0.386. The van der Waals surface area contributed by atoms with E-state index in [-0.39, 0.29) is 10.0 Å². The van der Waals surface area contributed by atoms with Crippen LogP contribution in [0.3, 0.4) is 0 Å². The van der Waals surface area contributed by atoms with Gasteiger partial charge in [0, 0.05) is 0 Å². The third-order valence-electron chi connectivity index (χ3n) is 1.88. The van der Waals surface area contributed by atoms with E-state index >= 15 is 0 Å². The van der Waals surface area contributed by atoms with Crippen LogP contribution in [0.25, 0.3) is 0 Å². The predicted octanol–water partition coefficient (Wildman–Crippen LogP) is 2.75. The molecule has 1 aromatic rings. The fourth-order valence-corrected chi connectivity index (χ4v) is 1.77.